The van der Waals surface area contributed by atoms with Gasteiger partial charge in [0, 0.05) is 23.4 Å². The minimum absolute atomic E-state index is 0.515. The summed E-state index contributed by atoms with van der Waals surface area (Å²) in [6.45, 7) is 0. The molecule has 0 unspecified atom stereocenters. The van der Waals surface area contributed by atoms with Crippen LogP contribution in [-0.4, -0.2) is 0 Å². The van der Waals surface area contributed by atoms with Crippen LogP contribution in [0.5, 0.6) is 0 Å². The van der Waals surface area contributed by atoms with Gasteiger partial charge in [0.2, 0.25) is 0 Å². The van der Waals surface area contributed by atoms with Crippen LogP contribution in [0.4, 0.5) is 5.69 Å². The summed E-state index contributed by atoms with van der Waals surface area (Å²) in [5.74, 6) is 14.3. The molecule has 0 saturated heterocycles. The van der Waals surface area contributed by atoms with Crippen LogP contribution in [0, 0.1) is 36.0 Å². The van der Waals surface area contributed by atoms with Crippen LogP contribution in [0.25, 0.3) is 5.59 Å². The monoisotopic (exact) mass is 385 g/mol. The van der Waals surface area contributed by atoms with Crippen molar-refractivity contribution in [2.24, 2.45) is 0 Å². The summed E-state index contributed by atoms with van der Waals surface area (Å²) in [7, 11) is 0. The van der Waals surface area contributed by atoms with E-state index in [1.54, 1.807) is 0 Å². The Morgan fingerprint density at radius 3 is 1.80 bits per heavy atom. The van der Waals surface area contributed by atoms with E-state index in [0.29, 0.717) is 5.69 Å². The van der Waals surface area contributed by atoms with Crippen molar-refractivity contribution in [2.75, 3.05) is 5.01 Å². The summed E-state index contributed by atoms with van der Waals surface area (Å²) in [4.78, 5) is 4.60. The van der Waals surface area contributed by atoms with Crippen LogP contribution < -0.4 is 10.1 Å². The van der Waals surface area contributed by atoms with Gasteiger partial charge in [-0.2, -0.15) is 0 Å². The molecule has 0 spiro atoms. The fourth-order valence-corrected chi connectivity index (χ4v) is 2.68. The van der Waals surface area contributed by atoms with Crippen LogP contribution in [0.3, 0.4) is 0 Å². The molecule has 0 aliphatic carbocycles. The van der Waals surface area contributed by atoms with Crippen molar-refractivity contribution in [3.8, 4) is 29.6 Å². The molecule has 0 atom stereocenters. The van der Waals surface area contributed by atoms with Crippen LogP contribution >= 0.6 is 0 Å². The number of anilines is 1. The molecule has 0 aromatic heterocycles. The summed E-state index contributed by atoms with van der Waals surface area (Å²) in [6.07, 6.45) is 8.37. The van der Waals surface area contributed by atoms with Crippen molar-refractivity contribution in [3.63, 3.8) is 0 Å². The molecule has 4 nitrogen and oxygen atoms in total. The Hall–Kier alpha value is -4.34. The molecule has 140 valence electrons. The SMILES string of the molecule is [C+]#Cc1ccc(C#Cc2ccc(C#Cc3ccccc3N3C=C([O-])O[N-]3)cc2)cc1. The van der Waals surface area contributed by atoms with Crippen LogP contribution in [0.2, 0.25) is 0 Å². The van der Waals surface area contributed by atoms with E-state index >= 15 is 0 Å². The van der Waals surface area contributed by atoms with E-state index in [4.69, 9.17) is 6.42 Å². The second-order valence-corrected chi connectivity index (χ2v) is 6.26. The molecular formula is C26H13N2O2-. The zero-order valence-corrected chi connectivity index (χ0v) is 15.7. The second kappa shape index (κ2) is 8.78. The number of hydrogen-bond donors (Lipinski definition) is 0. The van der Waals surface area contributed by atoms with Crippen molar-refractivity contribution in [3.05, 3.63) is 125 Å². The Morgan fingerprint density at radius 1 is 0.733 bits per heavy atom. The predicted molar refractivity (Wildman–Crippen MR) is 113 cm³/mol. The van der Waals surface area contributed by atoms with Gasteiger partial charge < -0.3 is 20.5 Å². The predicted octanol–water partition coefficient (Wildman–Crippen LogP) is 3.62. The van der Waals surface area contributed by atoms with E-state index < -0.39 is 5.95 Å². The summed E-state index contributed by atoms with van der Waals surface area (Å²) in [6, 6.07) is 22.4. The van der Waals surface area contributed by atoms with E-state index in [1.807, 2.05) is 72.8 Å². The Morgan fingerprint density at radius 2 is 1.27 bits per heavy atom. The standard InChI is InChI=1S/C26H14N2O2/c1-2-20-7-9-21(10-8-20)11-12-22-13-15-23(16-14-22)17-18-24-5-3-4-6-25(24)28-19-26(29)30-27-28/h3-10,13-16,19,29H/p-1. The van der Waals surface area contributed by atoms with Crippen molar-refractivity contribution < 1.29 is 9.94 Å². The van der Waals surface area contributed by atoms with Crippen LogP contribution in [0.1, 0.15) is 27.8 Å². The molecule has 3 aromatic carbocycles. The van der Waals surface area contributed by atoms with Gasteiger partial charge >= 0.3 is 101 Å². The van der Waals surface area contributed by atoms with Crippen molar-refractivity contribution in [2.45, 2.75) is 0 Å². The van der Waals surface area contributed by atoms with Gasteiger partial charge in [0.1, 0.15) is 0 Å². The molecule has 0 saturated carbocycles. The molecule has 0 amide bonds. The van der Waals surface area contributed by atoms with E-state index in [1.165, 1.54) is 11.2 Å². The van der Waals surface area contributed by atoms with Gasteiger partial charge in [-0.05, 0) is 12.1 Å². The molecular weight excluding hydrogens is 372 g/mol. The summed E-state index contributed by atoms with van der Waals surface area (Å²) < 4.78 is 0. The minimum atomic E-state index is -0.515. The molecule has 3 aromatic rings. The summed E-state index contributed by atoms with van der Waals surface area (Å²) in [5.41, 5.74) is 8.42. The first-order valence-electron chi connectivity index (χ1n) is 9.03. The van der Waals surface area contributed by atoms with Crippen LogP contribution in [0.15, 0.2) is 84.9 Å². The van der Waals surface area contributed by atoms with Gasteiger partial charge in [-0.3, -0.25) is 0 Å². The third-order valence-electron chi connectivity index (χ3n) is 4.20. The van der Waals surface area contributed by atoms with Gasteiger partial charge in [-0.15, -0.1) is 0 Å². The fourth-order valence-electron chi connectivity index (χ4n) is 2.68. The van der Waals surface area contributed by atoms with E-state index in [0.717, 1.165) is 27.8 Å². The summed E-state index contributed by atoms with van der Waals surface area (Å²) in [5, 5.41) is 12.6. The average molecular weight is 385 g/mol. The number of para-hydroxylation sites is 1. The van der Waals surface area contributed by atoms with Crippen LogP contribution in [-0.2, 0) is 4.84 Å². The molecule has 0 radical (unpaired) electrons. The van der Waals surface area contributed by atoms with Crippen molar-refractivity contribution >= 4 is 5.69 Å². The molecule has 1 aliphatic heterocycles. The van der Waals surface area contributed by atoms with Gasteiger partial charge in [0.25, 0.3) is 0 Å². The first-order chi connectivity index (χ1) is 14.7. The summed E-state index contributed by atoms with van der Waals surface area (Å²) >= 11 is 0. The molecule has 0 bridgehead atoms. The van der Waals surface area contributed by atoms with Gasteiger partial charge in [0.15, 0.2) is 0 Å². The Balaban J connectivity index is 1.50. The maximum absolute atomic E-state index is 11.3. The zero-order chi connectivity index (χ0) is 20.8. The number of nitrogens with zero attached hydrogens (tertiary/aromatic N) is 2. The van der Waals surface area contributed by atoms with E-state index in [2.05, 4.69) is 40.0 Å². The molecule has 30 heavy (non-hydrogen) atoms. The quantitative estimate of drug-likeness (QED) is 0.475. The third kappa shape index (κ3) is 4.55. The third-order valence-corrected chi connectivity index (χ3v) is 4.20. The van der Waals surface area contributed by atoms with E-state index in [-0.39, 0.29) is 0 Å². The molecule has 1 heterocycles. The van der Waals surface area contributed by atoms with Crippen molar-refractivity contribution in [1.29, 1.82) is 0 Å². The Bertz CT molecular complexity index is 1260. The molecule has 0 N–H and O–H groups in total. The topological polar surface area (TPSA) is 49.6 Å². The first kappa shape index (κ1) is 19.0. The second-order valence-electron chi connectivity index (χ2n) is 6.26. The number of benzene rings is 3. The average Bonchev–Trinajstić information content (AvgIpc) is 3.23. The molecule has 4 heteroatoms. The first-order valence-corrected chi connectivity index (χ1v) is 9.03. The molecule has 4 rings (SSSR count). The van der Waals surface area contributed by atoms with Gasteiger partial charge in [-0.25, -0.2) is 0 Å². The molecule has 1 aliphatic rings. The Labute approximate surface area is 175 Å². The zero-order valence-electron chi connectivity index (χ0n) is 15.7. The van der Waals surface area contributed by atoms with Gasteiger partial charge in [0.05, 0.1) is 0 Å². The maximum atomic E-state index is 11.3. The van der Waals surface area contributed by atoms with Crippen molar-refractivity contribution in [1.82, 2.24) is 0 Å². The van der Waals surface area contributed by atoms with Gasteiger partial charge in [-0.1, -0.05) is 18.1 Å². The number of hydrogen-bond acceptors (Lipinski definition) is 3. The Kier molecular flexibility index (Phi) is 5.56. The van der Waals surface area contributed by atoms with E-state index in [9.17, 15) is 5.11 Å². The number of rotatable bonds is 1. The normalized spacial score (nSPS) is 11.9. The fraction of sp³-hybridized carbons (Fsp3) is 0. The molecule has 0 fully saturated rings.